The second kappa shape index (κ2) is 7.00. The van der Waals surface area contributed by atoms with Crippen LogP contribution in [-0.2, 0) is 16.6 Å². The fourth-order valence-electron chi connectivity index (χ4n) is 1.91. The largest absolute Gasteiger partial charge is 0.493 e. The van der Waals surface area contributed by atoms with Crippen molar-refractivity contribution >= 4 is 21.6 Å². The molecule has 0 aliphatic rings. The molecule has 0 amide bonds. The molecule has 7 heteroatoms. The Morgan fingerprint density at radius 3 is 2.36 bits per heavy atom. The van der Waals surface area contributed by atoms with E-state index in [1.807, 2.05) is 0 Å². The van der Waals surface area contributed by atoms with Crippen LogP contribution in [0.4, 0.5) is 0 Å². The van der Waals surface area contributed by atoms with Crippen LogP contribution in [0.15, 0.2) is 47.4 Å². The Hall–Kier alpha value is -1.76. The second-order valence-electron chi connectivity index (χ2n) is 4.44. The van der Waals surface area contributed by atoms with Crippen LogP contribution in [-0.4, -0.2) is 22.6 Å². The molecule has 0 atom stereocenters. The highest BCUT2D eigenvalue weighted by Gasteiger charge is 2.17. The summed E-state index contributed by atoms with van der Waals surface area (Å²) in [4.78, 5) is 0.0529. The first-order valence-corrected chi connectivity index (χ1v) is 8.29. The van der Waals surface area contributed by atoms with Crippen LogP contribution < -0.4 is 14.2 Å². The molecule has 0 aliphatic carbocycles. The molecule has 0 saturated carbocycles. The Balaban J connectivity index is 2.18. The maximum atomic E-state index is 12.3. The minimum Gasteiger partial charge on any atom is -0.493 e. The van der Waals surface area contributed by atoms with E-state index >= 15 is 0 Å². The van der Waals surface area contributed by atoms with Crippen LogP contribution in [0.3, 0.4) is 0 Å². The molecule has 118 valence electrons. The van der Waals surface area contributed by atoms with Gasteiger partial charge in [-0.15, -0.1) is 0 Å². The molecule has 0 bridgehead atoms. The van der Waals surface area contributed by atoms with E-state index in [1.165, 1.54) is 26.4 Å². The van der Waals surface area contributed by atoms with Gasteiger partial charge in [0.15, 0.2) is 11.5 Å². The summed E-state index contributed by atoms with van der Waals surface area (Å²) >= 11 is 5.92. The van der Waals surface area contributed by atoms with Gasteiger partial charge in [-0.3, -0.25) is 0 Å². The summed E-state index contributed by atoms with van der Waals surface area (Å²) in [6.45, 7) is 0.119. The summed E-state index contributed by atoms with van der Waals surface area (Å²) in [6.07, 6.45) is 0. The monoisotopic (exact) mass is 341 g/mol. The molecule has 0 fully saturated rings. The van der Waals surface area contributed by atoms with Gasteiger partial charge in [0.2, 0.25) is 10.0 Å². The van der Waals surface area contributed by atoms with Crippen molar-refractivity contribution in [1.29, 1.82) is 0 Å². The smallest absolute Gasteiger partial charge is 0.242 e. The van der Waals surface area contributed by atoms with E-state index in [-0.39, 0.29) is 16.5 Å². The maximum Gasteiger partial charge on any atom is 0.242 e. The molecule has 0 heterocycles. The third kappa shape index (κ3) is 3.71. The molecular formula is C15H16ClNO4S. The third-order valence-electron chi connectivity index (χ3n) is 3.04. The molecule has 1 N–H and O–H groups in total. The van der Waals surface area contributed by atoms with E-state index in [0.29, 0.717) is 11.5 Å². The van der Waals surface area contributed by atoms with Crippen molar-refractivity contribution in [1.82, 2.24) is 4.72 Å². The normalized spacial score (nSPS) is 11.2. The lowest BCUT2D eigenvalue weighted by Crippen LogP contribution is -2.23. The van der Waals surface area contributed by atoms with Crippen molar-refractivity contribution in [2.75, 3.05) is 14.2 Å². The highest BCUT2D eigenvalue weighted by molar-refractivity contribution is 7.89. The van der Waals surface area contributed by atoms with Crippen LogP contribution in [0.5, 0.6) is 11.5 Å². The maximum absolute atomic E-state index is 12.3. The average molecular weight is 342 g/mol. The summed E-state index contributed by atoms with van der Waals surface area (Å²) < 4.78 is 37.3. The topological polar surface area (TPSA) is 64.6 Å². The Bertz CT molecular complexity index is 762. The molecule has 0 spiro atoms. The van der Waals surface area contributed by atoms with Crippen molar-refractivity contribution in [3.63, 3.8) is 0 Å². The van der Waals surface area contributed by atoms with Crippen LogP contribution in [0.2, 0.25) is 5.02 Å². The highest BCUT2D eigenvalue weighted by atomic mass is 35.5. The quantitative estimate of drug-likeness (QED) is 0.877. The number of ether oxygens (including phenoxy) is 2. The van der Waals surface area contributed by atoms with E-state index in [1.54, 1.807) is 30.3 Å². The zero-order valence-electron chi connectivity index (χ0n) is 12.2. The average Bonchev–Trinajstić information content (AvgIpc) is 2.53. The Kier molecular flexibility index (Phi) is 5.28. The molecular weight excluding hydrogens is 326 g/mol. The minimum absolute atomic E-state index is 0.0529. The van der Waals surface area contributed by atoms with E-state index < -0.39 is 10.0 Å². The summed E-state index contributed by atoms with van der Waals surface area (Å²) in [7, 11) is -0.616. The van der Waals surface area contributed by atoms with Crippen molar-refractivity contribution in [2.24, 2.45) is 0 Å². The van der Waals surface area contributed by atoms with Gasteiger partial charge in [-0.1, -0.05) is 29.8 Å². The van der Waals surface area contributed by atoms with Crippen molar-refractivity contribution in [3.05, 3.63) is 53.1 Å². The van der Waals surface area contributed by atoms with Crippen LogP contribution in [0.25, 0.3) is 0 Å². The van der Waals surface area contributed by atoms with E-state index in [4.69, 9.17) is 21.1 Å². The molecule has 22 heavy (non-hydrogen) atoms. The number of nitrogens with one attached hydrogen (secondary N) is 1. The van der Waals surface area contributed by atoms with Gasteiger partial charge < -0.3 is 9.47 Å². The van der Waals surface area contributed by atoms with Gasteiger partial charge >= 0.3 is 0 Å². The first kappa shape index (κ1) is 16.6. The van der Waals surface area contributed by atoms with Gasteiger partial charge in [0.25, 0.3) is 0 Å². The van der Waals surface area contributed by atoms with Gasteiger partial charge in [0.1, 0.15) is 4.90 Å². The fraction of sp³-hybridized carbons (Fsp3) is 0.200. The number of benzene rings is 2. The molecule has 2 aromatic carbocycles. The fourth-order valence-corrected chi connectivity index (χ4v) is 3.44. The predicted molar refractivity (Wildman–Crippen MR) is 85.0 cm³/mol. The first-order chi connectivity index (χ1) is 10.5. The lowest BCUT2D eigenvalue weighted by atomic mass is 10.2. The molecule has 0 aliphatic heterocycles. The molecule has 5 nitrogen and oxygen atoms in total. The SMILES string of the molecule is COc1ccc(CNS(=O)(=O)c2ccccc2Cl)cc1OC. The van der Waals surface area contributed by atoms with Crippen LogP contribution in [0, 0.1) is 0 Å². The summed E-state index contributed by atoms with van der Waals surface area (Å²) in [5.41, 5.74) is 0.744. The number of hydrogen-bond donors (Lipinski definition) is 1. The molecule has 0 radical (unpaired) electrons. The van der Waals surface area contributed by atoms with E-state index in [0.717, 1.165) is 5.56 Å². The first-order valence-electron chi connectivity index (χ1n) is 6.43. The molecule has 0 unspecified atom stereocenters. The summed E-state index contributed by atoms with van der Waals surface area (Å²) in [6, 6.07) is 11.5. The minimum atomic E-state index is -3.68. The number of methoxy groups -OCH3 is 2. The van der Waals surface area contributed by atoms with Crippen molar-refractivity contribution in [3.8, 4) is 11.5 Å². The Morgan fingerprint density at radius 2 is 1.73 bits per heavy atom. The Morgan fingerprint density at radius 1 is 1.05 bits per heavy atom. The van der Waals surface area contributed by atoms with Gasteiger partial charge in [0.05, 0.1) is 19.2 Å². The predicted octanol–water partition coefficient (Wildman–Crippen LogP) is 2.84. The molecule has 2 aromatic rings. The van der Waals surface area contributed by atoms with Gasteiger partial charge in [-0.05, 0) is 29.8 Å². The summed E-state index contributed by atoms with van der Waals surface area (Å²) in [5.74, 6) is 1.12. The molecule has 0 aromatic heterocycles. The number of hydrogen-bond acceptors (Lipinski definition) is 4. The number of rotatable bonds is 6. The zero-order valence-corrected chi connectivity index (χ0v) is 13.7. The second-order valence-corrected chi connectivity index (χ2v) is 6.59. The number of halogens is 1. The zero-order chi connectivity index (χ0) is 16.2. The standard InChI is InChI=1S/C15H16ClNO4S/c1-20-13-8-7-11(9-14(13)21-2)10-17-22(18,19)15-6-4-3-5-12(15)16/h3-9,17H,10H2,1-2H3. The molecule has 2 rings (SSSR count). The van der Waals surface area contributed by atoms with Gasteiger partial charge in [0, 0.05) is 6.54 Å². The van der Waals surface area contributed by atoms with Gasteiger partial charge in [-0.25, -0.2) is 13.1 Å². The van der Waals surface area contributed by atoms with Crippen molar-refractivity contribution < 1.29 is 17.9 Å². The highest BCUT2D eigenvalue weighted by Crippen LogP contribution is 2.28. The van der Waals surface area contributed by atoms with E-state index in [9.17, 15) is 8.42 Å². The van der Waals surface area contributed by atoms with Crippen LogP contribution >= 0.6 is 11.6 Å². The molecule has 0 saturated heterocycles. The van der Waals surface area contributed by atoms with E-state index in [2.05, 4.69) is 4.72 Å². The van der Waals surface area contributed by atoms with Crippen molar-refractivity contribution in [2.45, 2.75) is 11.4 Å². The Labute approximate surface area is 134 Å². The third-order valence-corrected chi connectivity index (χ3v) is 4.94. The van der Waals surface area contributed by atoms with Gasteiger partial charge in [-0.2, -0.15) is 0 Å². The lowest BCUT2D eigenvalue weighted by molar-refractivity contribution is 0.354. The van der Waals surface area contributed by atoms with Crippen LogP contribution in [0.1, 0.15) is 5.56 Å². The summed E-state index contributed by atoms with van der Waals surface area (Å²) in [5, 5.41) is 0.183. The number of sulfonamides is 1. The lowest BCUT2D eigenvalue weighted by Gasteiger charge is -2.11.